The van der Waals surface area contributed by atoms with Gasteiger partial charge in [-0.25, -0.2) is 0 Å². The van der Waals surface area contributed by atoms with Gasteiger partial charge in [-0.05, 0) is 67.8 Å². The number of ketones is 2. The average Bonchev–Trinajstić information content (AvgIpc) is 2.94. The zero-order valence-electron chi connectivity index (χ0n) is 17.5. The van der Waals surface area contributed by atoms with Crippen molar-refractivity contribution in [2.75, 3.05) is 18.1 Å². The second-order valence-electron chi connectivity index (χ2n) is 10.2. The van der Waals surface area contributed by atoms with E-state index in [0.29, 0.717) is 25.0 Å². The Morgan fingerprint density at radius 3 is 2.72 bits per heavy atom. The van der Waals surface area contributed by atoms with Crippen molar-refractivity contribution < 1.29 is 24.9 Å². The predicted molar refractivity (Wildman–Crippen MR) is 112 cm³/mol. The van der Waals surface area contributed by atoms with Crippen molar-refractivity contribution in [3.63, 3.8) is 0 Å². The molecule has 3 saturated carbocycles. The van der Waals surface area contributed by atoms with Crippen molar-refractivity contribution in [3.05, 3.63) is 11.6 Å². The number of aliphatic hydroxyl groups is 3. The highest BCUT2D eigenvalue weighted by atomic mass is 32.2. The molecule has 0 amide bonds. The van der Waals surface area contributed by atoms with Gasteiger partial charge in [-0.15, -0.1) is 0 Å². The number of aliphatic hydroxyl groups excluding tert-OH is 2. The first-order valence-electron chi connectivity index (χ1n) is 11.0. The number of carbonyl (C=O) groups excluding carboxylic acids is 2. The van der Waals surface area contributed by atoms with Gasteiger partial charge in [-0.3, -0.25) is 9.59 Å². The van der Waals surface area contributed by atoms with Crippen LogP contribution in [0.4, 0.5) is 0 Å². The van der Waals surface area contributed by atoms with Crippen molar-refractivity contribution in [1.29, 1.82) is 0 Å². The van der Waals surface area contributed by atoms with Crippen LogP contribution in [-0.2, 0) is 9.59 Å². The molecule has 29 heavy (non-hydrogen) atoms. The summed E-state index contributed by atoms with van der Waals surface area (Å²) in [7, 11) is 0. The number of allylic oxidation sites excluding steroid dienone is 1. The highest BCUT2D eigenvalue weighted by Crippen LogP contribution is 2.67. The smallest absolute Gasteiger partial charge is 0.174 e. The lowest BCUT2D eigenvalue weighted by Crippen LogP contribution is -2.62. The van der Waals surface area contributed by atoms with Crippen molar-refractivity contribution in [3.8, 4) is 0 Å². The Morgan fingerprint density at radius 1 is 1.24 bits per heavy atom. The SMILES string of the molecule is C[C@]12CCC(=O)C=C1CC[C@@H]1[C@@H]2[C@@H](O)C[C@@]2(C)[C@@H]1CC[C@]2(O)C(=O)CSCCO. The second kappa shape index (κ2) is 7.47. The molecule has 5 nitrogen and oxygen atoms in total. The first-order valence-corrected chi connectivity index (χ1v) is 12.2. The minimum atomic E-state index is -1.40. The highest BCUT2D eigenvalue weighted by Gasteiger charge is 2.68. The number of hydrogen-bond acceptors (Lipinski definition) is 6. The average molecular weight is 423 g/mol. The van der Waals surface area contributed by atoms with Gasteiger partial charge < -0.3 is 15.3 Å². The van der Waals surface area contributed by atoms with E-state index >= 15 is 0 Å². The zero-order valence-corrected chi connectivity index (χ0v) is 18.3. The van der Waals surface area contributed by atoms with Crippen molar-refractivity contribution in [1.82, 2.24) is 0 Å². The van der Waals surface area contributed by atoms with E-state index in [1.54, 1.807) is 0 Å². The summed E-state index contributed by atoms with van der Waals surface area (Å²) in [6.45, 7) is 4.25. The maximum absolute atomic E-state index is 13.0. The van der Waals surface area contributed by atoms with E-state index < -0.39 is 17.1 Å². The van der Waals surface area contributed by atoms with Crippen LogP contribution >= 0.6 is 11.8 Å². The molecule has 0 aromatic carbocycles. The van der Waals surface area contributed by atoms with Crippen LogP contribution in [0.5, 0.6) is 0 Å². The zero-order chi connectivity index (χ0) is 21.0. The first kappa shape index (κ1) is 21.5. The van der Waals surface area contributed by atoms with E-state index in [1.807, 2.05) is 13.0 Å². The molecule has 3 N–H and O–H groups in total. The van der Waals surface area contributed by atoms with Crippen molar-refractivity contribution >= 4 is 23.3 Å². The predicted octanol–water partition coefficient (Wildman–Crippen LogP) is 2.51. The Kier molecular flexibility index (Phi) is 5.55. The number of rotatable bonds is 5. The van der Waals surface area contributed by atoms with Gasteiger partial charge in [0.25, 0.3) is 0 Å². The molecule has 0 heterocycles. The number of Topliss-reactive ketones (excluding diaryl/α,β-unsaturated/α-hetero) is 1. The second-order valence-corrected chi connectivity index (χ2v) is 11.3. The normalized spacial score (nSPS) is 46.5. The molecule has 0 aromatic heterocycles. The Morgan fingerprint density at radius 2 is 2.00 bits per heavy atom. The van der Waals surface area contributed by atoms with Gasteiger partial charge in [-0.2, -0.15) is 11.8 Å². The number of hydrogen-bond donors (Lipinski definition) is 3. The molecule has 6 heteroatoms. The lowest BCUT2D eigenvalue weighted by atomic mass is 9.45. The lowest BCUT2D eigenvalue weighted by Gasteiger charge is -2.60. The Bertz CT molecular complexity index is 735. The van der Waals surface area contributed by atoms with Gasteiger partial charge in [0.05, 0.1) is 18.5 Å². The molecular weight excluding hydrogens is 388 g/mol. The van der Waals surface area contributed by atoms with E-state index in [-0.39, 0.29) is 47.1 Å². The minimum Gasteiger partial charge on any atom is -0.396 e. The third-order valence-corrected chi connectivity index (χ3v) is 9.92. The van der Waals surface area contributed by atoms with Crippen LogP contribution in [-0.4, -0.2) is 56.7 Å². The van der Waals surface area contributed by atoms with Gasteiger partial charge in [-0.1, -0.05) is 19.4 Å². The van der Waals surface area contributed by atoms with Crippen LogP contribution in [0, 0.1) is 28.6 Å². The molecule has 0 aromatic rings. The van der Waals surface area contributed by atoms with Gasteiger partial charge in [0.1, 0.15) is 5.60 Å². The number of carbonyl (C=O) groups is 2. The lowest BCUT2D eigenvalue weighted by molar-refractivity contribution is -0.178. The summed E-state index contributed by atoms with van der Waals surface area (Å²) >= 11 is 1.36. The van der Waals surface area contributed by atoms with E-state index in [9.17, 15) is 19.8 Å². The summed E-state index contributed by atoms with van der Waals surface area (Å²) in [4.78, 5) is 25.0. The van der Waals surface area contributed by atoms with E-state index in [1.165, 1.54) is 17.3 Å². The molecule has 0 bridgehead atoms. The van der Waals surface area contributed by atoms with Gasteiger partial charge in [0.2, 0.25) is 0 Å². The molecule has 4 aliphatic rings. The van der Waals surface area contributed by atoms with Gasteiger partial charge in [0.15, 0.2) is 11.6 Å². The van der Waals surface area contributed by atoms with Crippen LogP contribution in [0.3, 0.4) is 0 Å². The van der Waals surface area contributed by atoms with Crippen LogP contribution in [0.1, 0.15) is 58.8 Å². The Hall–Kier alpha value is -0.690. The maximum Gasteiger partial charge on any atom is 0.174 e. The number of fused-ring (bicyclic) bond motifs is 5. The highest BCUT2D eigenvalue weighted by molar-refractivity contribution is 7.99. The summed E-state index contributed by atoms with van der Waals surface area (Å²) in [6, 6.07) is 0. The molecule has 0 unspecified atom stereocenters. The molecule has 162 valence electrons. The largest absolute Gasteiger partial charge is 0.396 e. The fourth-order valence-corrected chi connectivity index (χ4v) is 8.20. The van der Waals surface area contributed by atoms with Crippen LogP contribution in [0.15, 0.2) is 11.6 Å². The fourth-order valence-electron chi connectivity index (χ4n) is 7.50. The van der Waals surface area contributed by atoms with Crippen LogP contribution in [0.2, 0.25) is 0 Å². The first-order chi connectivity index (χ1) is 13.7. The van der Waals surface area contributed by atoms with Crippen LogP contribution in [0.25, 0.3) is 0 Å². The molecule has 0 spiro atoms. The molecule has 4 aliphatic carbocycles. The van der Waals surface area contributed by atoms with E-state index in [4.69, 9.17) is 5.11 Å². The Labute approximate surface area is 177 Å². The molecule has 7 atom stereocenters. The Balaban J connectivity index is 1.63. The van der Waals surface area contributed by atoms with Crippen LogP contribution < -0.4 is 0 Å². The minimum absolute atomic E-state index is 0.0235. The van der Waals surface area contributed by atoms with Gasteiger partial charge in [0, 0.05) is 17.6 Å². The monoisotopic (exact) mass is 422 g/mol. The molecule has 4 rings (SSSR count). The molecule has 0 aliphatic heterocycles. The third-order valence-electron chi connectivity index (χ3n) is 8.98. The fraction of sp³-hybridized carbons (Fsp3) is 0.826. The summed E-state index contributed by atoms with van der Waals surface area (Å²) in [5.74, 6) is 1.31. The standard InChI is InChI=1S/C23H34O5S/c1-21-7-5-15(25)11-14(21)3-4-16-17-6-8-23(28,19(27)13-29-10-9-24)22(17,2)12-18(26)20(16)21/h11,16-18,20,24,26,28H,3-10,12-13H2,1-2H3/t16-,17+,18-,20+,21-,22-,23-/m0/s1. The molecule has 3 fully saturated rings. The summed E-state index contributed by atoms with van der Waals surface area (Å²) in [6.07, 6.45) is 6.08. The molecule has 0 saturated heterocycles. The topological polar surface area (TPSA) is 94.8 Å². The summed E-state index contributed by atoms with van der Waals surface area (Å²) in [5, 5.41) is 31.9. The number of thioether (sulfide) groups is 1. The van der Waals surface area contributed by atoms with E-state index in [2.05, 4.69) is 6.92 Å². The third kappa shape index (κ3) is 3.08. The van der Waals surface area contributed by atoms with Crippen molar-refractivity contribution in [2.45, 2.75) is 70.5 Å². The van der Waals surface area contributed by atoms with Gasteiger partial charge >= 0.3 is 0 Å². The molecular formula is C23H34O5S. The van der Waals surface area contributed by atoms with E-state index in [0.717, 1.165) is 25.7 Å². The quantitative estimate of drug-likeness (QED) is 0.590. The summed E-state index contributed by atoms with van der Waals surface area (Å²) in [5.41, 5.74) is -0.973. The maximum atomic E-state index is 13.0. The molecule has 0 radical (unpaired) electrons. The van der Waals surface area contributed by atoms with Crippen molar-refractivity contribution in [2.24, 2.45) is 28.6 Å². The summed E-state index contributed by atoms with van der Waals surface area (Å²) < 4.78 is 0.